The Bertz CT molecular complexity index is 734. The van der Waals surface area contributed by atoms with Crippen LogP contribution in [0.25, 0.3) is 0 Å². The largest absolute Gasteiger partial charge is 0.464 e. The lowest BCUT2D eigenvalue weighted by Crippen LogP contribution is -2.16. The first kappa shape index (κ1) is 18.5. The van der Waals surface area contributed by atoms with Crippen LogP contribution in [0.15, 0.2) is 23.4 Å². The fourth-order valence-electron chi connectivity index (χ4n) is 1.47. The number of thioether (sulfide) groups is 1. The summed E-state index contributed by atoms with van der Waals surface area (Å²) in [7, 11) is 3.13. The topological polar surface area (TPSA) is 55.3 Å². The van der Waals surface area contributed by atoms with E-state index in [9.17, 15) is 22.4 Å². The van der Waals surface area contributed by atoms with Crippen LogP contribution in [0.3, 0.4) is 0 Å². The summed E-state index contributed by atoms with van der Waals surface area (Å²) in [5.41, 5.74) is -1.22. The summed E-state index contributed by atoms with van der Waals surface area (Å²) >= 11 is 1.59. The fraction of sp³-hybridized carbons (Fsp3) is 0.308. The summed E-state index contributed by atoms with van der Waals surface area (Å²) in [5.74, 6) is -0.815. The zero-order chi connectivity index (χ0) is 17.9. The van der Waals surface area contributed by atoms with Crippen molar-refractivity contribution in [1.82, 2.24) is 14.3 Å². The first-order chi connectivity index (χ1) is 11.2. The van der Waals surface area contributed by atoms with Gasteiger partial charge in [-0.15, -0.1) is 0 Å². The Hall–Kier alpha value is -1.88. The van der Waals surface area contributed by atoms with Gasteiger partial charge < -0.3 is 9.64 Å². The Morgan fingerprint density at radius 1 is 1.38 bits per heavy atom. The fourth-order valence-corrected chi connectivity index (χ4v) is 2.69. The molecule has 0 bridgehead atoms. The molecule has 1 aromatic carbocycles. The number of carbonyl (C=O) groups is 1. The van der Waals surface area contributed by atoms with Crippen LogP contribution < -0.4 is 4.74 Å². The Kier molecular flexibility index (Phi) is 5.65. The van der Waals surface area contributed by atoms with Crippen molar-refractivity contribution in [2.45, 2.75) is 17.9 Å². The molecule has 11 heteroatoms. The Balaban J connectivity index is 2.04. The number of hydrogen-bond acceptors (Lipinski definition) is 6. The Labute approximate surface area is 142 Å². The molecular formula is C13H11F4N3O2S2. The quantitative estimate of drug-likeness (QED) is 0.591. The highest BCUT2D eigenvalue weighted by molar-refractivity contribution is 8.13. The molecule has 0 N–H and O–H groups in total. The van der Waals surface area contributed by atoms with Crippen molar-refractivity contribution in [3.05, 3.63) is 35.1 Å². The van der Waals surface area contributed by atoms with Crippen LogP contribution in [-0.2, 0) is 12.8 Å². The molecule has 0 atom stereocenters. The lowest BCUT2D eigenvalue weighted by Gasteiger charge is -2.09. The molecule has 0 fully saturated rings. The highest BCUT2D eigenvalue weighted by atomic mass is 32.2. The van der Waals surface area contributed by atoms with E-state index in [0.717, 1.165) is 29.4 Å². The second kappa shape index (κ2) is 7.34. The van der Waals surface area contributed by atoms with Gasteiger partial charge in [-0.1, -0.05) is 0 Å². The normalized spacial score (nSPS) is 11.4. The molecule has 2 rings (SSSR count). The number of carbonyl (C=O) groups excluding carboxylic acids is 1. The maximum absolute atomic E-state index is 13.6. The van der Waals surface area contributed by atoms with Gasteiger partial charge in [0.25, 0.3) is 10.4 Å². The number of alkyl halides is 3. The predicted molar refractivity (Wildman–Crippen MR) is 80.6 cm³/mol. The molecule has 0 spiro atoms. The molecule has 1 aromatic heterocycles. The molecule has 0 unspecified atom stereocenters. The molecule has 1 amide bonds. The highest BCUT2D eigenvalue weighted by Crippen LogP contribution is 2.31. The summed E-state index contributed by atoms with van der Waals surface area (Å²) in [6, 6.07) is 2.08. The van der Waals surface area contributed by atoms with Crippen LogP contribution in [0.2, 0.25) is 0 Å². The third-order valence-corrected chi connectivity index (χ3v) is 4.31. The average molecular weight is 381 g/mol. The van der Waals surface area contributed by atoms with Gasteiger partial charge in [0, 0.05) is 43.0 Å². The monoisotopic (exact) mass is 381 g/mol. The zero-order valence-corrected chi connectivity index (χ0v) is 14.1. The average Bonchev–Trinajstić information content (AvgIpc) is 2.92. The lowest BCUT2D eigenvalue weighted by molar-refractivity contribution is -0.137. The first-order valence-corrected chi connectivity index (χ1v) is 7.97. The van der Waals surface area contributed by atoms with Gasteiger partial charge in [0.1, 0.15) is 12.4 Å². The zero-order valence-electron chi connectivity index (χ0n) is 12.4. The van der Waals surface area contributed by atoms with Crippen LogP contribution in [0.4, 0.5) is 22.4 Å². The van der Waals surface area contributed by atoms with Gasteiger partial charge >= 0.3 is 6.18 Å². The maximum atomic E-state index is 13.6. The summed E-state index contributed by atoms with van der Waals surface area (Å²) in [6.07, 6.45) is -4.57. The van der Waals surface area contributed by atoms with E-state index >= 15 is 0 Å². The predicted octanol–water partition coefficient (Wildman–Crippen LogP) is 4.05. The van der Waals surface area contributed by atoms with Gasteiger partial charge in [-0.05, 0) is 18.2 Å². The van der Waals surface area contributed by atoms with E-state index in [-0.39, 0.29) is 21.2 Å². The molecule has 24 heavy (non-hydrogen) atoms. The van der Waals surface area contributed by atoms with E-state index in [2.05, 4.69) is 9.36 Å². The molecule has 5 nitrogen and oxygen atoms in total. The molecule has 0 saturated heterocycles. The minimum Gasteiger partial charge on any atom is -0.464 e. The molecule has 0 radical (unpaired) electrons. The van der Waals surface area contributed by atoms with Gasteiger partial charge in [0.05, 0.1) is 5.56 Å². The summed E-state index contributed by atoms with van der Waals surface area (Å²) in [5, 5.41) is -0.109. The van der Waals surface area contributed by atoms with E-state index in [1.54, 1.807) is 14.1 Å². The standard InChI is InChI=1S/C13H11F4N3O2S2/c1-20(2)12(21)23-10-18-11(24-19-10)22-6-7-5-8(13(15,16)17)3-4-9(7)14/h3-5H,6H2,1-2H3. The molecule has 0 aliphatic rings. The van der Waals surface area contributed by atoms with Crippen LogP contribution >= 0.6 is 23.3 Å². The van der Waals surface area contributed by atoms with E-state index in [4.69, 9.17) is 4.74 Å². The van der Waals surface area contributed by atoms with E-state index in [1.165, 1.54) is 4.90 Å². The van der Waals surface area contributed by atoms with Crippen LogP contribution in [0.5, 0.6) is 5.19 Å². The summed E-state index contributed by atoms with van der Waals surface area (Å²) in [4.78, 5) is 16.7. The Morgan fingerprint density at radius 2 is 2.08 bits per heavy atom. The van der Waals surface area contributed by atoms with Gasteiger partial charge in [0.15, 0.2) is 0 Å². The van der Waals surface area contributed by atoms with Gasteiger partial charge in [-0.25, -0.2) is 4.39 Å². The van der Waals surface area contributed by atoms with Crippen molar-refractivity contribution in [2.24, 2.45) is 0 Å². The summed E-state index contributed by atoms with van der Waals surface area (Å²) < 4.78 is 60.5. The SMILES string of the molecule is CN(C)C(=O)Sc1nsc(OCc2cc(C(F)(F)F)ccc2F)n1. The smallest absolute Gasteiger partial charge is 0.416 e. The lowest BCUT2D eigenvalue weighted by atomic mass is 10.1. The highest BCUT2D eigenvalue weighted by Gasteiger charge is 2.31. The number of benzene rings is 1. The van der Waals surface area contributed by atoms with Crippen molar-refractivity contribution in [2.75, 3.05) is 14.1 Å². The van der Waals surface area contributed by atoms with Crippen molar-refractivity contribution >= 4 is 28.5 Å². The number of amides is 1. The second-order valence-electron chi connectivity index (χ2n) is 4.70. The Morgan fingerprint density at radius 3 is 2.71 bits per heavy atom. The number of ether oxygens (including phenoxy) is 1. The molecule has 2 aromatic rings. The molecule has 1 heterocycles. The number of nitrogens with zero attached hydrogens (tertiary/aromatic N) is 3. The first-order valence-electron chi connectivity index (χ1n) is 6.38. The van der Waals surface area contributed by atoms with Crippen LogP contribution in [-0.4, -0.2) is 33.6 Å². The van der Waals surface area contributed by atoms with Crippen molar-refractivity contribution in [3.8, 4) is 5.19 Å². The van der Waals surface area contributed by atoms with Gasteiger partial charge in [-0.3, -0.25) is 4.79 Å². The third kappa shape index (κ3) is 4.81. The van der Waals surface area contributed by atoms with Crippen molar-refractivity contribution in [1.29, 1.82) is 0 Å². The van der Waals surface area contributed by atoms with Gasteiger partial charge in [0.2, 0.25) is 5.16 Å². The molecule has 0 aliphatic heterocycles. The minimum absolute atomic E-state index is 0.0286. The number of aromatic nitrogens is 2. The van der Waals surface area contributed by atoms with Crippen LogP contribution in [0.1, 0.15) is 11.1 Å². The third-order valence-electron chi connectivity index (χ3n) is 2.66. The maximum Gasteiger partial charge on any atom is 0.416 e. The minimum atomic E-state index is -4.57. The van der Waals surface area contributed by atoms with E-state index < -0.39 is 24.2 Å². The summed E-state index contributed by atoms with van der Waals surface area (Å²) in [6.45, 7) is -0.434. The number of rotatable bonds is 4. The van der Waals surface area contributed by atoms with E-state index in [0.29, 0.717) is 12.1 Å². The molecule has 0 saturated carbocycles. The van der Waals surface area contributed by atoms with E-state index in [1.807, 2.05) is 0 Å². The number of hydrogen-bond donors (Lipinski definition) is 0. The van der Waals surface area contributed by atoms with Crippen molar-refractivity contribution < 1.29 is 27.1 Å². The van der Waals surface area contributed by atoms with Gasteiger partial charge in [-0.2, -0.15) is 22.5 Å². The van der Waals surface area contributed by atoms with Crippen LogP contribution in [0, 0.1) is 5.82 Å². The second-order valence-corrected chi connectivity index (χ2v) is 6.33. The molecular weight excluding hydrogens is 370 g/mol. The molecule has 0 aliphatic carbocycles. The van der Waals surface area contributed by atoms with Crippen molar-refractivity contribution in [3.63, 3.8) is 0 Å². The number of halogens is 4. The molecule has 130 valence electrons.